The minimum Gasteiger partial charge on any atom is -0.375 e. The van der Waals surface area contributed by atoms with Gasteiger partial charge in [0, 0.05) is 34.6 Å². The number of methoxy groups -OCH3 is 1. The minimum absolute atomic E-state index is 0.00903. The van der Waals surface area contributed by atoms with Crippen molar-refractivity contribution in [1.82, 2.24) is 9.80 Å². The Kier molecular flexibility index (Phi) is 6.16. The van der Waals surface area contributed by atoms with Crippen LogP contribution in [0.15, 0.2) is 29.6 Å². The summed E-state index contributed by atoms with van der Waals surface area (Å²) in [6.07, 6.45) is 2.67. The van der Waals surface area contributed by atoms with Crippen LogP contribution in [-0.2, 0) is 20.7 Å². The number of fused-ring (bicyclic) bond motifs is 1. The first-order valence-corrected chi connectivity index (χ1v) is 11.2. The first kappa shape index (κ1) is 20.7. The quantitative estimate of drug-likeness (QED) is 0.660. The summed E-state index contributed by atoms with van der Waals surface area (Å²) in [5, 5.41) is 3.14. The Morgan fingerprint density at radius 2 is 2.03 bits per heavy atom. The van der Waals surface area contributed by atoms with Gasteiger partial charge in [0.25, 0.3) is 0 Å². The summed E-state index contributed by atoms with van der Waals surface area (Å²) in [6, 6.07) is 7.31. The average Bonchev–Trinajstić information content (AvgIpc) is 3.41. The lowest BCUT2D eigenvalue weighted by molar-refractivity contribution is -0.144. The fourth-order valence-corrected chi connectivity index (χ4v) is 5.31. The molecule has 0 N–H and O–H groups in total. The van der Waals surface area contributed by atoms with E-state index in [1.54, 1.807) is 28.4 Å². The molecule has 1 fully saturated rings. The van der Waals surface area contributed by atoms with Crippen molar-refractivity contribution in [2.75, 3.05) is 26.8 Å². The van der Waals surface area contributed by atoms with Crippen molar-refractivity contribution in [3.8, 4) is 0 Å². The van der Waals surface area contributed by atoms with Gasteiger partial charge in [0.2, 0.25) is 11.8 Å². The number of thiophene rings is 1. The van der Waals surface area contributed by atoms with Gasteiger partial charge in [0.15, 0.2) is 0 Å². The monoisotopic (exact) mass is 452 g/mol. The van der Waals surface area contributed by atoms with E-state index in [-0.39, 0.29) is 37.0 Å². The van der Waals surface area contributed by atoms with Gasteiger partial charge in [-0.3, -0.25) is 9.59 Å². The molecule has 29 heavy (non-hydrogen) atoms. The van der Waals surface area contributed by atoms with Crippen molar-refractivity contribution < 1.29 is 14.3 Å². The topological polar surface area (TPSA) is 49.9 Å². The van der Waals surface area contributed by atoms with Crippen LogP contribution in [0.2, 0.25) is 10.0 Å². The smallest absolute Gasteiger partial charge is 0.249 e. The first-order chi connectivity index (χ1) is 14.0. The molecule has 1 aromatic carbocycles. The van der Waals surface area contributed by atoms with Gasteiger partial charge in [0.1, 0.15) is 13.2 Å². The van der Waals surface area contributed by atoms with Crippen molar-refractivity contribution in [3.05, 3.63) is 55.7 Å². The van der Waals surface area contributed by atoms with Crippen LogP contribution in [-0.4, -0.2) is 54.5 Å². The molecule has 1 unspecified atom stereocenters. The molecule has 0 radical (unpaired) electrons. The number of hydrogen-bond donors (Lipinski definition) is 0. The first-order valence-electron chi connectivity index (χ1n) is 9.58. The second-order valence-electron chi connectivity index (χ2n) is 7.39. The van der Waals surface area contributed by atoms with E-state index >= 15 is 0 Å². The van der Waals surface area contributed by atoms with Gasteiger partial charge in [0.05, 0.1) is 6.04 Å². The molecule has 4 rings (SSSR count). The maximum absolute atomic E-state index is 13.4. The van der Waals surface area contributed by atoms with Gasteiger partial charge in [-0.05, 0) is 54.0 Å². The van der Waals surface area contributed by atoms with E-state index in [1.165, 1.54) is 12.0 Å². The SMILES string of the molecule is COCC(=O)N(CC(=O)N1CCc2sccc2C1c1ccc(Cl)cc1Cl)C1CC1. The third-order valence-corrected chi connectivity index (χ3v) is 6.98. The molecule has 5 nitrogen and oxygen atoms in total. The van der Waals surface area contributed by atoms with Crippen LogP contribution in [0, 0.1) is 0 Å². The maximum Gasteiger partial charge on any atom is 0.249 e. The van der Waals surface area contributed by atoms with Crippen molar-refractivity contribution >= 4 is 46.4 Å². The second-order valence-corrected chi connectivity index (χ2v) is 9.23. The summed E-state index contributed by atoms with van der Waals surface area (Å²) in [6.45, 7) is 0.645. The van der Waals surface area contributed by atoms with Crippen molar-refractivity contribution in [3.63, 3.8) is 0 Å². The van der Waals surface area contributed by atoms with Crippen LogP contribution in [0.3, 0.4) is 0 Å². The second kappa shape index (κ2) is 8.64. The van der Waals surface area contributed by atoms with E-state index in [2.05, 4.69) is 6.07 Å². The highest BCUT2D eigenvalue weighted by molar-refractivity contribution is 7.10. The van der Waals surface area contributed by atoms with Gasteiger partial charge in [-0.15, -0.1) is 11.3 Å². The number of benzene rings is 1. The van der Waals surface area contributed by atoms with E-state index in [0.717, 1.165) is 30.4 Å². The highest BCUT2D eigenvalue weighted by atomic mass is 35.5. The normalized spacial score (nSPS) is 18.4. The maximum atomic E-state index is 13.4. The van der Waals surface area contributed by atoms with E-state index < -0.39 is 0 Å². The molecule has 1 atom stereocenters. The molecule has 1 saturated carbocycles. The van der Waals surface area contributed by atoms with Crippen LogP contribution >= 0.6 is 34.5 Å². The lowest BCUT2D eigenvalue weighted by atomic mass is 9.93. The Morgan fingerprint density at radius 3 is 2.72 bits per heavy atom. The molecule has 0 bridgehead atoms. The molecular formula is C21H22Cl2N2O3S. The minimum atomic E-state index is -0.277. The number of ether oxygens (including phenoxy) is 1. The fourth-order valence-electron chi connectivity index (χ4n) is 3.89. The summed E-state index contributed by atoms with van der Waals surface area (Å²) in [5.41, 5.74) is 1.95. The van der Waals surface area contributed by atoms with Crippen molar-refractivity contribution in [2.24, 2.45) is 0 Å². The van der Waals surface area contributed by atoms with Crippen molar-refractivity contribution in [2.45, 2.75) is 31.3 Å². The zero-order valence-electron chi connectivity index (χ0n) is 16.1. The summed E-state index contributed by atoms with van der Waals surface area (Å²) in [4.78, 5) is 30.6. The summed E-state index contributed by atoms with van der Waals surface area (Å²) < 4.78 is 5.00. The average molecular weight is 453 g/mol. The third-order valence-electron chi connectivity index (χ3n) is 5.42. The molecule has 0 spiro atoms. The number of nitrogens with zero attached hydrogens (tertiary/aromatic N) is 2. The molecular weight excluding hydrogens is 431 g/mol. The molecule has 154 valence electrons. The molecule has 2 amide bonds. The summed E-state index contributed by atoms with van der Waals surface area (Å²) in [5.74, 6) is -0.216. The summed E-state index contributed by atoms with van der Waals surface area (Å²) in [7, 11) is 1.49. The standard InChI is InChI=1S/C21H22Cl2N2O3S/c1-28-12-20(27)25(14-3-4-14)11-19(26)24-8-6-18-16(7-9-29-18)21(24)15-5-2-13(22)10-17(15)23/h2,5,7,9-10,14,21H,3-4,6,8,11-12H2,1H3. The third kappa shape index (κ3) is 4.31. The number of carbonyl (C=O) groups excluding carboxylic acids is 2. The lowest BCUT2D eigenvalue weighted by Crippen LogP contribution is -2.48. The fraction of sp³-hybridized carbons (Fsp3) is 0.429. The molecule has 2 heterocycles. The molecule has 8 heteroatoms. The van der Waals surface area contributed by atoms with Crippen LogP contribution < -0.4 is 0 Å². The van der Waals surface area contributed by atoms with Gasteiger partial charge < -0.3 is 14.5 Å². The highest BCUT2D eigenvalue weighted by Gasteiger charge is 2.38. The Balaban J connectivity index is 1.64. The Hall–Kier alpha value is -1.60. The van der Waals surface area contributed by atoms with Crippen LogP contribution in [0.5, 0.6) is 0 Å². The van der Waals surface area contributed by atoms with Gasteiger partial charge in [-0.2, -0.15) is 0 Å². The van der Waals surface area contributed by atoms with E-state index in [1.807, 2.05) is 16.3 Å². The number of hydrogen-bond acceptors (Lipinski definition) is 4. The molecule has 2 aromatic rings. The number of rotatable bonds is 6. The lowest BCUT2D eigenvalue weighted by Gasteiger charge is -2.38. The van der Waals surface area contributed by atoms with Gasteiger partial charge in [-0.25, -0.2) is 0 Å². The zero-order valence-corrected chi connectivity index (χ0v) is 18.4. The predicted molar refractivity (Wildman–Crippen MR) is 115 cm³/mol. The Morgan fingerprint density at radius 1 is 1.24 bits per heavy atom. The van der Waals surface area contributed by atoms with E-state index in [0.29, 0.717) is 16.6 Å². The van der Waals surface area contributed by atoms with E-state index in [9.17, 15) is 9.59 Å². The number of amides is 2. The van der Waals surface area contributed by atoms with Crippen LogP contribution in [0.4, 0.5) is 0 Å². The number of halogens is 2. The van der Waals surface area contributed by atoms with E-state index in [4.69, 9.17) is 27.9 Å². The zero-order chi connectivity index (χ0) is 20.5. The molecule has 1 aliphatic heterocycles. The predicted octanol–water partition coefficient (Wildman–Crippen LogP) is 4.17. The largest absolute Gasteiger partial charge is 0.375 e. The molecule has 0 saturated heterocycles. The molecule has 1 aliphatic carbocycles. The Bertz CT molecular complexity index is 928. The summed E-state index contributed by atoms with van der Waals surface area (Å²) >= 11 is 14.3. The molecule has 2 aliphatic rings. The highest BCUT2D eigenvalue weighted by Crippen LogP contribution is 2.41. The molecule has 1 aromatic heterocycles. The van der Waals surface area contributed by atoms with Crippen LogP contribution in [0.1, 0.15) is 34.9 Å². The number of carbonyl (C=O) groups is 2. The van der Waals surface area contributed by atoms with Crippen LogP contribution in [0.25, 0.3) is 0 Å². The Labute approximate surface area is 184 Å². The van der Waals surface area contributed by atoms with Gasteiger partial charge >= 0.3 is 0 Å². The van der Waals surface area contributed by atoms with Crippen molar-refractivity contribution in [1.29, 1.82) is 0 Å². The van der Waals surface area contributed by atoms with Gasteiger partial charge in [-0.1, -0.05) is 29.3 Å².